The van der Waals surface area contributed by atoms with Gasteiger partial charge in [-0.25, -0.2) is 9.59 Å². The van der Waals surface area contributed by atoms with Crippen LogP contribution >= 0.6 is 0 Å². The third-order valence-electron chi connectivity index (χ3n) is 1.66. The van der Waals surface area contributed by atoms with Crippen molar-refractivity contribution in [1.82, 2.24) is 19.6 Å². The third-order valence-corrected chi connectivity index (χ3v) is 1.66. The van der Waals surface area contributed by atoms with Crippen LogP contribution in [0, 0.1) is 6.57 Å². The Hall–Kier alpha value is 0.0200. The summed E-state index contributed by atoms with van der Waals surface area (Å²) in [6.07, 6.45) is 0. The van der Waals surface area contributed by atoms with E-state index in [0.717, 1.165) is 0 Å². The number of hydrogen-bond acceptors (Lipinski definition) is 3. The predicted molar refractivity (Wildman–Crippen MR) is 45.8 cm³/mol. The number of nitrogens with zero attached hydrogens (tertiary/aromatic N) is 2. The molecule has 2 heterocycles. The molecule has 0 spiro atoms. The van der Waals surface area contributed by atoms with E-state index >= 15 is 0 Å². The molecule has 2 rings (SSSR count). The van der Waals surface area contributed by atoms with Crippen LogP contribution in [-0.4, -0.2) is 19.6 Å². The van der Waals surface area contributed by atoms with Crippen LogP contribution in [0.1, 0.15) is 0 Å². The largest absolute Gasteiger partial charge is 1.00 e. The summed E-state index contributed by atoms with van der Waals surface area (Å²) in [7, 11) is 0. The molecule has 0 aliphatic carbocycles. The molecule has 0 aliphatic rings. The molecule has 0 saturated heterocycles. The van der Waals surface area contributed by atoms with Crippen molar-refractivity contribution in [2.24, 2.45) is 0 Å². The number of fused-ring (bicyclic) bond motifs is 1. The maximum atomic E-state index is 11.3. The first kappa shape index (κ1) is 23.1. The third kappa shape index (κ3) is 4.01. The number of imidazole rings is 1. The van der Waals surface area contributed by atoms with Gasteiger partial charge in [-0.3, -0.25) is 19.7 Å². The average molecular weight is 310 g/mol. The van der Waals surface area contributed by atoms with Gasteiger partial charge in [0.15, 0.2) is 5.52 Å². The van der Waals surface area contributed by atoms with E-state index in [1.165, 1.54) is 0 Å². The maximum absolute atomic E-state index is 11.3. The van der Waals surface area contributed by atoms with Gasteiger partial charge >= 0.3 is 76.1 Å². The summed E-state index contributed by atoms with van der Waals surface area (Å²) in [6.45, 7) is 6.57. The second-order valence-electron chi connectivity index (χ2n) is 2.48. The summed E-state index contributed by atoms with van der Waals surface area (Å²) in [6, 6.07) is 0. The molecule has 2 aromatic rings. The minimum Gasteiger partial charge on any atom is -1.00 e. The zero-order valence-electron chi connectivity index (χ0n) is 9.38. The van der Waals surface area contributed by atoms with Gasteiger partial charge < -0.3 is 24.8 Å². The van der Waals surface area contributed by atoms with Crippen LogP contribution in [0.4, 0.5) is 0 Å². The number of hydrogen-bond donors (Lipinski definition) is 3. The molecule has 86 valence electrons. The number of aromatic amines is 3. The van der Waals surface area contributed by atoms with Gasteiger partial charge in [-0.15, -0.1) is 4.95 Å². The van der Waals surface area contributed by atoms with E-state index in [0.29, 0.717) is 4.68 Å². The number of halogens is 2. The van der Waals surface area contributed by atoms with Crippen molar-refractivity contribution in [2.75, 3.05) is 0 Å². The fraction of sp³-hybridized carbons (Fsp3) is 0. The molecule has 0 radical (unpaired) electrons. The van der Waals surface area contributed by atoms with Crippen molar-refractivity contribution in [3.05, 3.63) is 42.8 Å². The first-order valence-electron chi connectivity index (χ1n) is 3.48. The first-order chi connectivity index (χ1) is 6.63. The summed E-state index contributed by atoms with van der Waals surface area (Å²) in [5, 5.41) is 0. The Kier molecular flexibility index (Phi) is 11.6. The van der Waals surface area contributed by atoms with E-state index in [4.69, 9.17) is 6.57 Å². The fourth-order valence-corrected chi connectivity index (χ4v) is 1.09. The normalized spacial score (nSPS) is 7.94. The average Bonchev–Trinajstić information content (AvgIpc) is 2.47. The second kappa shape index (κ2) is 9.01. The van der Waals surface area contributed by atoms with Crippen LogP contribution < -0.4 is 101 Å². The van der Waals surface area contributed by atoms with Crippen molar-refractivity contribution >= 4 is 11.2 Å². The Morgan fingerprint density at radius 1 is 1.00 bits per heavy atom. The van der Waals surface area contributed by atoms with Gasteiger partial charge in [0.1, 0.15) is 5.65 Å². The Morgan fingerprint density at radius 2 is 1.56 bits per heavy atom. The SMILES string of the molecule is [C-]#[N+]n1c(=O)[nH]c2[nH]c(=O)[nH]c2c1=O.[Cl-].[Cl-].[Na+].[Na+]. The maximum Gasteiger partial charge on any atom is 1.00 e. The fourth-order valence-electron chi connectivity index (χ4n) is 1.09. The van der Waals surface area contributed by atoms with Crippen LogP contribution in [0.3, 0.4) is 0 Å². The van der Waals surface area contributed by atoms with E-state index in [-0.39, 0.29) is 95.1 Å². The van der Waals surface area contributed by atoms with E-state index in [1.54, 1.807) is 0 Å². The molecule has 8 nitrogen and oxygen atoms in total. The molecule has 0 atom stereocenters. The minimum atomic E-state index is -0.882. The van der Waals surface area contributed by atoms with Crippen LogP contribution in [0.5, 0.6) is 0 Å². The van der Waals surface area contributed by atoms with Crippen molar-refractivity contribution in [2.45, 2.75) is 0 Å². The molecule has 0 amide bonds. The van der Waals surface area contributed by atoms with Gasteiger partial charge in [-0.2, -0.15) is 6.57 Å². The van der Waals surface area contributed by atoms with E-state index < -0.39 is 16.9 Å². The van der Waals surface area contributed by atoms with Gasteiger partial charge in [-0.1, -0.05) is 0 Å². The topological polar surface area (TPSA) is 108 Å². The molecule has 18 heavy (non-hydrogen) atoms. The number of aromatic nitrogens is 4. The summed E-state index contributed by atoms with van der Waals surface area (Å²) < 4.78 is 0.298. The van der Waals surface area contributed by atoms with Crippen molar-refractivity contribution in [3.63, 3.8) is 0 Å². The van der Waals surface area contributed by atoms with Crippen LogP contribution in [-0.2, 0) is 0 Å². The molecule has 0 bridgehead atoms. The molecular formula is C6H3Cl2N5Na2O3. The van der Waals surface area contributed by atoms with Gasteiger partial charge in [0.2, 0.25) is 0 Å². The summed E-state index contributed by atoms with van der Waals surface area (Å²) >= 11 is 0. The first-order valence-corrected chi connectivity index (χ1v) is 3.48. The quantitative estimate of drug-likeness (QED) is 0.332. The van der Waals surface area contributed by atoms with Crippen molar-refractivity contribution in [1.29, 1.82) is 0 Å². The molecule has 0 fully saturated rings. The van der Waals surface area contributed by atoms with E-state index in [1.807, 2.05) is 0 Å². The summed E-state index contributed by atoms with van der Waals surface area (Å²) in [4.78, 5) is 42.4. The van der Waals surface area contributed by atoms with Crippen molar-refractivity contribution < 1.29 is 83.9 Å². The number of H-pyrrole nitrogens is 3. The Balaban J connectivity index is -0.000000562. The molecule has 0 saturated carbocycles. The molecule has 0 aliphatic heterocycles. The van der Waals surface area contributed by atoms with Gasteiger partial charge in [0.05, 0.1) is 4.68 Å². The summed E-state index contributed by atoms with van der Waals surface area (Å²) in [5.74, 6) is 0. The zero-order valence-corrected chi connectivity index (χ0v) is 14.9. The minimum absolute atomic E-state index is 0. The molecule has 12 heteroatoms. The zero-order chi connectivity index (χ0) is 10.3. The van der Waals surface area contributed by atoms with Gasteiger partial charge in [0, 0.05) is 0 Å². The molecule has 0 unspecified atom stereocenters. The second-order valence-corrected chi connectivity index (χ2v) is 2.48. The molecule has 2 aromatic heterocycles. The Morgan fingerprint density at radius 3 is 2.06 bits per heavy atom. The van der Waals surface area contributed by atoms with Crippen LogP contribution in [0.15, 0.2) is 14.4 Å². The monoisotopic (exact) mass is 309 g/mol. The van der Waals surface area contributed by atoms with Gasteiger partial charge in [-0.05, 0) is 0 Å². The predicted octanol–water partition coefficient (Wildman–Crippen LogP) is -13.6. The van der Waals surface area contributed by atoms with Crippen LogP contribution in [0.25, 0.3) is 16.1 Å². The van der Waals surface area contributed by atoms with Crippen LogP contribution in [0.2, 0.25) is 0 Å². The molecular weight excluding hydrogens is 307 g/mol. The number of nitrogens with one attached hydrogen (secondary N) is 3. The summed E-state index contributed by atoms with van der Waals surface area (Å²) in [5.41, 5.74) is -2.48. The Labute approximate surface area is 156 Å². The van der Waals surface area contributed by atoms with E-state index in [9.17, 15) is 14.4 Å². The van der Waals surface area contributed by atoms with Gasteiger partial charge in [0.25, 0.3) is 0 Å². The van der Waals surface area contributed by atoms with E-state index in [2.05, 4.69) is 19.9 Å². The molecule has 0 aromatic carbocycles. The van der Waals surface area contributed by atoms with Crippen molar-refractivity contribution in [3.8, 4) is 0 Å². The number of rotatable bonds is 0. The Bertz CT molecular complexity index is 724. The standard InChI is InChI=1S/C6H3N5O3.2ClH.2Na/c1-7-11-4(12)2-3(10-6(11)14)9-5(13)8-2;;;;/h(H,10,14)(H2,8,9,13);2*1H;;/q;;;2*+1/p-2. The molecule has 3 N–H and O–H groups in total. The smallest absolute Gasteiger partial charge is 1.00 e.